The van der Waals surface area contributed by atoms with Crippen LogP contribution >= 0.6 is 0 Å². The van der Waals surface area contributed by atoms with Crippen LogP contribution in [0.1, 0.15) is 25.8 Å². The number of hydrogen-bond donors (Lipinski definition) is 1. The summed E-state index contributed by atoms with van der Waals surface area (Å²) in [7, 11) is 2.16. The molecule has 0 unspecified atom stereocenters. The summed E-state index contributed by atoms with van der Waals surface area (Å²) < 4.78 is 2.05. The highest BCUT2D eigenvalue weighted by atomic mass is 15.1. The molecule has 2 N–H and O–H groups in total. The van der Waals surface area contributed by atoms with Gasteiger partial charge in [0, 0.05) is 31.4 Å². The summed E-state index contributed by atoms with van der Waals surface area (Å²) in [6, 6.07) is 6.59. The van der Waals surface area contributed by atoms with Crippen molar-refractivity contribution in [3.8, 4) is 11.3 Å². The molecular formula is C17H24N4. The summed E-state index contributed by atoms with van der Waals surface area (Å²) in [5.74, 6) is 1.33. The predicted octanol–water partition coefficient (Wildman–Crippen LogP) is 3.17. The third-order valence-electron chi connectivity index (χ3n) is 4.14. The van der Waals surface area contributed by atoms with Gasteiger partial charge >= 0.3 is 0 Å². The smallest absolute Gasteiger partial charge is 0.131 e. The Labute approximate surface area is 126 Å². The number of rotatable bonds is 3. The third kappa shape index (κ3) is 2.62. The standard InChI is InChI=1S/C17H24N4/c1-12(2)10-21-11-19-16(17(21)18)14-6-7-15-13(9-14)5-4-8-20(15)3/h6-7,9,11-12H,4-5,8,10,18H2,1-3H3. The molecule has 1 aromatic heterocycles. The molecule has 0 saturated heterocycles. The van der Waals surface area contributed by atoms with Crippen molar-refractivity contribution in [2.24, 2.45) is 5.92 Å². The van der Waals surface area contributed by atoms with E-state index in [2.05, 4.69) is 49.0 Å². The molecule has 2 heterocycles. The molecular weight excluding hydrogens is 260 g/mol. The zero-order chi connectivity index (χ0) is 15.0. The van der Waals surface area contributed by atoms with Gasteiger partial charge in [-0.15, -0.1) is 0 Å². The van der Waals surface area contributed by atoms with Gasteiger partial charge in [0.1, 0.15) is 11.5 Å². The average molecular weight is 284 g/mol. The fourth-order valence-corrected chi connectivity index (χ4v) is 3.09. The lowest BCUT2D eigenvalue weighted by atomic mass is 9.98. The summed E-state index contributed by atoms with van der Waals surface area (Å²) in [5.41, 5.74) is 11.1. The molecule has 0 amide bonds. The summed E-state index contributed by atoms with van der Waals surface area (Å²) >= 11 is 0. The molecule has 4 nitrogen and oxygen atoms in total. The molecule has 0 spiro atoms. The van der Waals surface area contributed by atoms with E-state index in [1.165, 1.54) is 17.7 Å². The Balaban J connectivity index is 1.96. The van der Waals surface area contributed by atoms with Crippen molar-refractivity contribution in [2.75, 3.05) is 24.2 Å². The largest absolute Gasteiger partial charge is 0.383 e. The minimum absolute atomic E-state index is 0.562. The van der Waals surface area contributed by atoms with Gasteiger partial charge in [-0.2, -0.15) is 0 Å². The van der Waals surface area contributed by atoms with E-state index >= 15 is 0 Å². The van der Waals surface area contributed by atoms with Crippen LogP contribution in [0.5, 0.6) is 0 Å². The highest BCUT2D eigenvalue weighted by Crippen LogP contribution is 2.32. The molecule has 0 radical (unpaired) electrons. The Bertz CT molecular complexity index is 642. The summed E-state index contributed by atoms with van der Waals surface area (Å²) in [4.78, 5) is 6.85. The number of imidazole rings is 1. The minimum Gasteiger partial charge on any atom is -0.383 e. The lowest BCUT2D eigenvalue weighted by molar-refractivity contribution is 0.527. The molecule has 1 aliphatic rings. The second-order valence-electron chi connectivity index (χ2n) is 6.39. The Morgan fingerprint density at radius 3 is 2.90 bits per heavy atom. The Hall–Kier alpha value is -1.97. The lowest BCUT2D eigenvalue weighted by Gasteiger charge is -2.27. The van der Waals surface area contributed by atoms with Gasteiger partial charge in [-0.25, -0.2) is 4.98 Å². The van der Waals surface area contributed by atoms with Gasteiger partial charge in [-0.3, -0.25) is 0 Å². The molecule has 0 aliphatic carbocycles. The van der Waals surface area contributed by atoms with Crippen molar-refractivity contribution in [3.63, 3.8) is 0 Å². The van der Waals surface area contributed by atoms with Crippen molar-refractivity contribution in [1.29, 1.82) is 0 Å². The fourth-order valence-electron chi connectivity index (χ4n) is 3.09. The molecule has 0 saturated carbocycles. The van der Waals surface area contributed by atoms with Crippen LogP contribution in [0.2, 0.25) is 0 Å². The number of aryl methyl sites for hydroxylation is 1. The maximum absolute atomic E-state index is 6.28. The fraction of sp³-hybridized carbons (Fsp3) is 0.471. The molecule has 3 rings (SSSR count). The monoisotopic (exact) mass is 284 g/mol. The number of aromatic nitrogens is 2. The molecule has 0 fully saturated rings. The second-order valence-corrected chi connectivity index (χ2v) is 6.39. The number of nitrogens with two attached hydrogens (primary N) is 1. The predicted molar refractivity (Wildman–Crippen MR) is 88.5 cm³/mol. The van der Waals surface area contributed by atoms with E-state index in [4.69, 9.17) is 5.73 Å². The Kier molecular flexibility index (Phi) is 3.62. The van der Waals surface area contributed by atoms with E-state index in [1.807, 2.05) is 10.9 Å². The SMILES string of the molecule is CC(C)Cn1cnc(-c2ccc3c(c2)CCCN3C)c1N. The van der Waals surface area contributed by atoms with E-state index in [-0.39, 0.29) is 0 Å². The Morgan fingerprint density at radius 2 is 2.14 bits per heavy atom. The van der Waals surface area contributed by atoms with Crippen molar-refractivity contribution in [2.45, 2.75) is 33.2 Å². The first-order chi connectivity index (χ1) is 10.1. The summed E-state index contributed by atoms with van der Waals surface area (Å²) in [6.07, 6.45) is 4.21. The first-order valence-electron chi connectivity index (χ1n) is 7.71. The van der Waals surface area contributed by atoms with Crippen molar-refractivity contribution < 1.29 is 0 Å². The van der Waals surface area contributed by atoms with Crippen LogP contribution < -0.4 is 10.6 Å². The van der Waals surface area contributed by atoms with Gasteiger partial charge in [0.25, 0.3) is 0 Å². The van der Waals surface area contributed by atoms with E-state index in [0.717, 1.165) is 36.6 Å². The zero-order valence-electron chi connectivity index (χ0n) is 13.1. The van der Waals surface area contributed by atoms with Crippen LogP contribution in [0, 0.1) is 5.92 Å². The first kappa shape index (κ1) is 14.0. The van der Waals surface area contributed by atoms with E-state index in [9.17, 15) is 0 Å². The van der Waals surface area contributed by atoms with Gasteiger partial charge in [0.15, 0.2) is 0 Å². The average Bonchev–Trinajstić information content (AvgIpc) is 2.79. The van der Waals surface area contributed by atoms with Gasteiger partial charge in [-0.05, 0) is 36.5 Å². The van der Waals surface area contributed by atoms with Gasteiger partial charge < -0.3 is 15.2 Å². The maximum atomic E-state index is 6.28. The maximum Gasteiger partial charge on any atom is 0.131 e. The molecule has 0 bridgehead atoms. The van der Waals surface area contributed by atoms with Crippen LogP contribution in [-0.2, 0) is 13.0 Å². The molecule has 21 heavy (non-hydrogen) atoms. The highest BCUT2D eigenvalue weighted by Gasteiger charge is 2.16. The third-order valence-corrected chi connectivity index (χ3v) is 4.14. The van der Waals surface area contributed by atoms with Crippen LogP contribution in [0.3, 0.4) is 0 Å². The topological polar surface area (TPSA) is 47.1 Å². The number of benzene rings is 1. The molecule has 4 heteroatoms. The van der Waals surface area contributed by atoms with E-state index in [0.29, 0.717) is 5.92 Å². The van der Waals surface area contributed by atoms with E-state index < -0.39 is 0 Å². The van der Waals surface area contributed by atoms with Crippen molar-refractivity contribution in [3.05, 3.63) is 30.1 Å². The van der Waals surface area contributed by atoms with Gasteiger partial charge in [0.2, 0.25) is 0 Å². The zero-order valence-corrected chi connectivity index (χ0v) is 13.1. The Morgan fingerprint density at radius 1 is 1.33 bits per heavy atom. The normalized spacial score (nSPS) is 14.6. The lowest BCUT2D eigenvalue weighted by Crippen LogP contribution is -2.24. The van der Waals surface area contributed by atoms with E-state index in [1.54, 1.807) is 0 Å². The number of hydrogen-bond acceptors (Lipinski definition) is 3. The number of fused-ring (bicyclic) bond motifs is 1. The summed E-state index contributed by atoms with van der Waals surface area (Å²) in [5, 5.41) is 0. The molecule has 112 valence electrons. The number of anilines is 2. The second kappa shape index (κ2) is 5.43. The molecule has 2 aromatic rings. The van der Waals surface area contributed by atoms with Gasteiger partial charge in [-0.1, -0.05) is 19.9 Å². The first-order valence-corrected chi connectivity index (χ1v) is 7.71. The van der Waals surface area contributed by atoms with Crippen LogP contribution in [0.25, 0.3) is 11.3 Å². The molecule has 0 atom stereocenters. The highest BCUT2D eigenvalue weighted by molar-refractivity contribution is 5.74. The minimum atomic E-state index is 0.562. The molecule has 1 aromatic carbocycles. The van der Waals surface area contributed by atoms with Crippen LogP contribution in [0.4, 0.5) is 11.5 Å². The summed E-state index contributed by atoms with van der Waals surface area (Å²) in [6.45, 7) is 6.42. The quantitative estimate of drug-likeness (QED) is 0.941. The molecule has 1 aliphatic heterocycles. The van der Waals surface area contributed by atoms with Gasteiger partial charge in [0.05, 0.1) is 6.33 Å². The van der Waals surface area contributed by atoms with Crippen molar-refractivity contribution in [1.82, 2.24) is 9.55 Å². The van der Waals surface area contributed by atoms with Crippen LogP contribution in [-0.4, -0.2) is 23.1 Å². The number of nitrogen functional groups attached to an aromatic ring is 1. The van der Waals surface area contributed by atoms with Crippen molar-refractivity contribution >= 4 is 11.5 Å². The number of nitrogens with zero attached hydrogens (tertiary/aromatic N) is 3. The van der Waals surface area contributed by atoms with Crippen LogP contribution in [0.15, 0.2) is 24.5 Å².